The Balaban J connectivity index is 1.57. The maximum Gasteiger partial charge on any atom is 0.256 e. The molecular weight excluding hydrogens is 460 g/mol. The lowest BCUT2D eigenvalue weighted by Gasteiger charge is -2.15. The SMILES string of the molecule is COc1cc(-c2cc(C(=O)Nc3cccc(-c4nnco4)c3)c3ccccc3n2)cc(OC)c1OC. The van der Waals surface area contributed by atoms with Gasteiger partial charge in [-0.3, -0.25) is 4.79 Å². The van der Waals surface area contributed by atoms with Crippen LogP contribution in [0.4, 0.5) is 5.69 Å². The summed E-state index contributed by atoms with van der Waals surface area (Å²) >= 11 is 0. The molecule has 0 fully saturated rings. The molecule has 1 N–H and O–H groups in total. The number of rotatable bonds is 7. The van der Waals surface area contributed by atoms with E-state index < -0.39 is 0 Å². The number of nitrogens with one attached hydrogen (secondary N) is 1. The number of nitrogens with zero attached hydrogens (tertiary/aromatic N) is 3. The first kappa shape index (κ1) is 22.9. The monoisotopic (exact) mass is 482 g/mol. The Morgan fingerprint density at radius 3 is 2.33 bits per heavy atom. The van der Waals surface area contributed by atoms with E-state index >= 15 is 0 Å². The summed E-state index contributed by atoms with van der Waals surface area (Å²) in [6, 6.07) is 20.0. The summed E-state index contributed by atoms with van der Waals surface area (Å²) in [5.41, 5.74) is 3.72. The maximum atomic E-state index is 13.5. The van der Waals surface area contributed by atoms with Crippen molar-refractivity contribution in [1.82, 2.24) is 15.2 Å². The van der Waals surface area contributed by atoms with E-state index in [1.807, 2.05) is 30.3 Å². The molecule has 36 heavy (non-hydrogen) atoms. The fourth-order valence-corrected chi connectivity index (χ4v) is 3.97. The molecule has 180 valence electrons. The average Bonchev–Trinajstić information content (AvgIpc) is 3.47. The van der Waals surface area contributed by atoms with E-state index in [2.05, 4.69) is 15.5 Å². The first-order valence-corrected chi connectivity index (χ1v) is 11.0. The molecule has 3 aromatic carbocycles. The summed E-state index contributed by atoms with van der Waals surface area (Å²) in [7, 11) is 4.65. The lowest BCUT2D eigenvalue weighted by Crippen LogP contribution is -2.13. The summed E-state index contributed by atoms with van der Waals surface area (Å²) in [6.07, 6.45) is 1.26. The normalized spacial score (nSPS) is 10.8. The first-order chi connectivity index (χ1) is 17.6. The number of methoxy groups -OCH3 is 3. The molecule has 0 saturated heterocycles. The average molecular weight is 482 g/mol. The van der Waals surface area contributed by atoms with Crippen LogP contribution in [0.15, 0.2) is 77.5 Å². The largest absolute Gasteiger partial charge is 0.493 e. The zero-order chi connectivity index (χ0) is 25.1. The molecule has 2 heterocycles. The van der Waals surface area contributed by atoms with Gasteiger partial charge in [0.05, 0.1) is 38.1 Å². The second-order valence-electron chi connectivity index (χ2n) is 7.77. The minimum atomic E-state index is -0.287. The van der Waals surface area contributed by atoms with E-state index in [1.165, 1.54) is 6.39 Å². The molecule has 0 aliphatic carbocycles. The van der Waals surface area contributed by atoms with Gasteiger partial charge in [0.1, 0.15) is 0 Å². The fraction of sp³-hybridized carbons (Fsp3) is 0.111. The molecule has 0 saturated carbocycles. The molecule has 0 atom stereocenters. The molecule has 0 bridgehead atoms. The Kier molecular flexibility index (Phi) is 6.19. The Morgan fingerprint density at radius 1 is 0.861 bits per heavy atom. The Hall–Kier alpha value is -4.92. The number of carbonyl (C=O) groups excluding carboxylic acids is 1. The first-order valence-electron chi connectivity index (χ1n) is 11.0. The smallest absolute Gasteiger partial charge is 0.256 e. The number of hydrogen-bond donors (Lipinski definition) is 1. The number of anilines is 1. The Labute approximate surface area is 206 Å². The number of hydrogen-bond acceptors (Lipinski definition) is 8. The zero-order valence-corrected chi connectivity index (χ0v) is 19.8. The van der Waals surface area contributed by atoms with Gasteiger partial charge in [0.2, 0.25) is 18.0 Å². The van der Waals surface area contributed by atoms with E-state index in [0.717, 1.165) is 5.39 Å². The van der Waals surface area contributed by atoms with Gasteiger partial charge >= 0.3 is 0 Å². The number of pyridine rings is 1. The molecule has 9 nitrogen and oxygen atoms in total. The molecule has 5 rings (SSSR count). The number of benzene rings is 3. The van der Waals surface area contributed by atoms with Crippen LogP contribution in [0.25, 0.3) is 33.6 Å². The Bertz CT molecular complexity index is 1520. The van der Waals surface area contributed by atoms with Crippen molar-refractivity contribution in [2.24, 2.45) is 0 Å². The van der Waals surface area contributed by atoms with Crippen molar-refractivity contribution in [3.63, 3.8) is 0 Å². The number of aromatic nitrogens is 3. The van der Waals surface area contributed by atoms with Crippen LogP contribution in [0.5, 0.6) is 17.2 Å². The number of fused-ring (bicyclic) bond motifs is 1. The minimum Gasteiger partial charge on any atom is -0.493 e. The van der Waals surface area contributed by atoms with Crippen molar-refractivity contribution >= 4 is 22.5 Å². The third-order valence-electron chi connectivity index (χ3n) is 5.65. The second kappa shape index (κ2) is 9.75. The van der Waals surface area contributed by atoms with Crippen molar-refractivity contribution in [3.8, 4) is 40.0 Å². The molecule has 0 unspecified atom stereocenters. The molecule has 5 aromatic rings. The standard InChI is InChI=1S/C27H22N4O5/c1-33-23-12-17(13-24(34-2)25(23)35-3)22-14-20(19-9-4-5-10-21(19)30-22)26(32)29-18-8-6-7-16(11-18)27-31-28-15-36-27/h4-15H,1-3H3,(H,29,32). The number of amides is 1. The van der Waals surface area contributed by atoms with Gasteiger partial charge in [-0.25, -0.2) is 4.98 Å². The van der Waals surface area contributed by atoms with Crippen LogP contribution in [0.3, 0.4) is 0 Å². The summed E-state index contributed by atoms with van der Waals surface area (Å²) in [6.45, 7) is 0. The summed E-state index contributed by atoms with van der Waals surface area (Å²) in [5, 5.41) is 11.3. The third-order valence-corrected chi connectivity index (χ3v) is 5.65. The maximum absolute atomic E-state index is 13.5. The highest BCUT2D eigenvalue weighted by molar-refractivity contribution is 6.13. The molecule has 9 heteroatoms. The quantitative estimate of drug-likeness (QED) is 0.336. The topological polar surface area (TPSA) is 109 Å². The highest BCUT2D eigenvalue weighted by Crippen LogP contribution is 2.41. The molecular formula is C27H22N4O5. The molecule has 0 radical (unpaired) electrons. The van der Waals surface area contributed by atoms with Crippen LogP contribution < -0.4 is 19.5 Å². The highest BCUT2D eigenvalue weighted by atomic mass is 16.5. The second-order valence-corrected chi connectivity index (χ2v) is 7.77. The summed E-state index contributed by atoms with van der Waals surface area (Å²) < 4.78 is 21.7. The summed E-state index contributed by atoms with van der Waals surface area (Å²) in [5.74, 6) is 1.54. The van der Waals surface area contributed by atoms with Crippen LogP contribution in [-0.4, -0.2) is 42.4 Å². The van der Waals surface area contributed by atoms with Crippen LogP contribution in [0.2, 0.25) is 0 Å². The van der Waals surface area contributed by atoms with Crippen LogP contribution in [-0.2, 0) is 0 Å². The zero-order valence-electron chi connectivity index (χ0n) is 19.8. The number of carbonyl (C=O) groups is 1. The van der Waals surface area contributed by atoms with Gasteiger partial charge in [-0.1, -0.05) is 24.3 Å². The van der Waals surface area contributed by atoms with E-state index in [0.29, 0.717) is 56.7 Å². The predicted molar refractivity (Wildman–Crippen MR) is 135 cm³/mol. The molecule has 0 spiro atoms. The van der Waals surface area contributed by atoms with Crippen LogP contribution in [0, 0.1) is 0 Å². The Morgan fingerprint density at radius 2 is 1.64 bits per heavy atom. The van der Waals surface area contributed by atoms with E-state index in [-0.39, 0.29) is 5.91 Å². The van der Waals surface area contributed by atoms with Crippen molar-refractivity contribution < 1.29 is 23.4 Å². The van der Waals surface area contributed by atoms with Gasteiger partial charge < -0.3 is 23.9 Å². The van der Waals surface area contributed by atoms with Gasteiger partial charge in [-0.15, -0.1) is 10.2 Å². The highest BCUT2D eigenvalue weighted by Gasteiger charge is 2.18. The van der Waals surface area contributed by atoms with Gasteiger partial charge in [-0.2, -0.15) is 0 Å². The van der Waals surface area contributed by atoms with Crippen molar-refractivity contribution in [3.05, 3.63) is 78.7 Å². The van der Waals surface area contributed by atoms with E-state index in [9.17, 15) is 4.79 Å². The fourth-order valence-electron chi connectivity index (χ4n) is 3.97. The van der Waals surface area contributed by atoms with Crippen molar-refractivity contribution in [1.29, 1.82) is 0 Å². The van der Waals surface area contributed by atoms with Crippen LogP contribution in [0.1, 0.15) is 10.4 Å². The lowest BCUT2D eigenvalue weighted by atomic mass is 10.0. The summed E-state index contributed by atoms with van der Waals surface area (Å²) in [4.78, 5) is 18.3. The number of para-hydroxylation sites is 1. The van der Waals surface area contributed by atoms with Gasteiger partial charge in [-0.05, 0) is 42.5 Å². The predicted octanol–water partition coefficient (Wildman–Crippen LogP) is 5.23. The number of ether oxygens (including phenoxy) is 3. The van der Waals surface area contributed by atoms with E-state index in [4.69, 9.17) is 23.6 Å². The third kappa shape index (κ3) is 4.29. The van der Waals surface area contributed by atoms with Crippen molar-refractivity contribution in [2.75, 3.05) is 26.6 Å². The molecule has 0 aliphatic heterocycles. The van der Waals surface area contributed by atoms with Crippen molar-refractivity contribution in [2.45, 2.75) is 0 Å². The van der Waals surface area contributed by atoms with Gasteiger partial charge in [0.25, 0.3) is 5.91 Å². The van der Waals surface area contributed by atoms with Crippen LogP contribution >= 0.6 is 0 Å². The van der Waals surface area contributed by atoms with E-state index in [1.54, 1.807) is 57.7 Å². The molecule has 2 aromatic heterocycles. The molecule has 1 amide bonds. The molecule has 0 aliphatic rings. The van der Waals surface area contributed by atoms with Gasteiger partial charge in [0, 0.05) is 22.2 Å². The lowest BCUT2D eigenvalue weighted by molar-refractivity contribution is 0.102. The van der Waals surface area contributed by atoms with Gasteiger partial charge in [0.15, 0.2) is 11.5 Å². The minimum absolute atomic E-state index is 0.287.